The van der Waals surface area contributed by atoms with Crippen molar-refractivity contribution in [1.82, 2.24) is 14.8 Å². The average Bonchev–Trinajstić information content (AvgIpc) is 2.98. The Bertz CT molecular complexity index is 1010. The van der Waals surface area contributed by atoms with Crippen LogP contribution >= 0.6 is 0 Å². The average molecular weight is 325 g/mol. The van der Waals surface area contributed by atoms with Crippen LogP contribution in [0.2, 0.25) is 0 Å². The van der Waals surface area contributed by atoms with Gasteiger partial charge in [0.1, 0.15) is 5.52 Å². The van der Waals surface area contributed by atoms with Crippen LogP contribution in [0.1, 0.15) is 17.7 Å². The summed E-state index contributed by atoms with van der Waals surface area (Å²) < 4.78 is 1.76. The maximum atomic E-state index is 12.9. The molecule has 7 heteroatoms. The maximum Gasteiger partial charge on any atom is 0.262 e. The SMILES string of the molecule is Cc1[nH]nc2c1c(=O)n(CCCN)c1ccc(/C(C=[NH2+])=C/N)cc21. The molecule has 0 bridgehead atoms. The topological polar surface area (TPSA) is 128 Å². The first kappa shape index (κ1) is 15.9. The summed E-state index contributed by atoms with van der Waals surface area (Å²) in [6.45, 7) is 2.93. The Kier molecular flexibility index (Phi) is 4.18. The molecule has 124 valence electrons. The first-order valence-electron chi connectivity index (χ1n) is 7.81. The van der Waals surface area contributed by atoms with Crippen LogP contribution in [0.25, 0.3) is 27.4 Å². The van der Waals surface area contributed by atoms with Crippen molar-refractivity contribution in [2.45, 2.75) is 19.9 Å². The van der Waals surface area contributed by atoms with Crippen molar-refractivity contribution in [3.63, 3.8) is 0 Å². The van der Waals surface area contributed by atoms with Crippen molar-refractivity contribution >= 4 is 33.6 Å². The number of nitrogens with zero attached hydrogens (tertiary/aromatic N) is 2. The zero-order valence-electron chi connectivity index (χ0n) is 13.5. The number of aromatic amines is 1. The van der Waals surface area contributed by atoms with Gasteiger partial charge in [0.2, 0.25) is 0 Å². The van der Waals surface area contributed by atoms with Crippen molar-refractivity contribution in [2.75, 3.05) is 6.54 Å². The molecule has 2 aromatic heterocycles. The zero-order valence-corrected chi connectivity index (χ0v) is 13.5. The predicted octanol–water partition coefficient (Wildman–Crippen LogP) is -0.335. The number of aryl methyl sites for hydroxylation is 2. The van der Waals surface area contributed by atoms with E-state index in [1.807, 2.05) is 25.1 Å². The van der Waals surface area contributed by atoms with Crippen LogP contribution in [0.5, 0.6) is 0 Å². The Hall–Kier alpha value is -2.93. The highest BCUT2D eigenvalue weighted by atomic mass is 16.1. The van der Waals surface area contributed by atoms with E-state index in [1.165, 1.54) is 12.4 Å². The van der Waals surface area contributed by atoms with Crippen molar-refractivity contribution in [3.8, 4) is 0 Å². The molecule has 2 heterocycles. The van der Waals surface area contributed by atoms with Gasteiger partial charge >= 0.3 is 0 Å². The highest BCUT2D eigenvalue weighted by Gasteiger charge is 2.16. The molecule has 0 atom stereocenters. The summed E-state index contributed by atoms with van der Waals surface area (Å²) in [4.78, 5) is 12.9. The molecule has 0 radical (unpaired) electrons. The van der Waals surface area contributed by atoms with Gasteiger partial charge in [-0.25, -0.2) is 0 Å². The molecule has 0 unspecified atom stereocenters. The lowest BCUT2D eigenvalue weighted by Crippen LogP contribution is -2.30. The number of hydrogen-bond donors (Lipinski definition) is 4. The van der Waals surface area contributed by atoms with E-state index < -0.39 is 0 Å². The molecular weight excluding hydrogens is 304 g/mol. The molecule has 0 aliphatic rings. The first-order chi connectivity index (χ1) is 11.6. The summed E-state index contributed by atoms with van der Waals surface area (Å²) in [7, 11) is 0. The van der Waals surface area contributed by atoms with Gasteiger partial charge in [0.05, 0.1) is 16.5 Å². The van der Waals surface area contributed by atoms with Gasteiger partial charge in [-0.3, -0.25) is 15.3 Å². The third-order valence-electron chi connectivity index (χ3n) is 4.23. The highest BCUT2D eigenvalue weighted by Crippen LogP contribution is 2.26. The number of nitrogens with one attached hydrogen (secondary N) is 1. The number of H-pyrrole nitrogens is 1. The molecule has 0 amide bonds. The quantitative estimate of drug-likeness (QED) is 0.479. The van der Waals surface area contributed by atoms with E-state index in [-0.39, 0.29) is 5.56 Å². The van der Waals surface area contributed by atoms with Crippen LogP contribution in [0.15, 0.2) is 29.2 Å². The Labute approximate surface area is 138 Å². The van der Waals surface area contributed by atoms with E-state index in [0.29, 0.717) is 24.0 Å². The Balaban J connectivity index is 2.41. The largest absolute Gasteiger partial charge is 0.404 e. The van der Waals surface area contributed by atoms with Crippen LogP contribution in [-0.4, -0.2) is 27.5 Å². The minimum Gasteiger partial charge on any atom is -0.404 e. The second kappa shape index (κ2) is 6.29. The number of hydrogen-bond acceptors (Lipinski definition) is 4. The lowest BCUT2D eigenvalue weighted by atomic mass is 10.0. The van der Waals surface area contributed by atoms with Gasteiger partial charge < -0.3 is 16.0 Å². The lowest BCUT2D eigenvalue weighted by molar-refractivity contribution is -0.103. The Morgan fingerprint density at radius 1 is 1.46 bits per heavy atom. The molecule has 0 aliphatic carbocycles. The molecule has 24 heavy (non-hydrogen) atoms. The molecule has 0 saturated carbocycles. The number of benzene rings is 1. The summed E-state index contributed by atoms with van der Waals surface area (Å²) in [6, 6.07) is 5.76. The Morgan fingerprint density at radius 3 is 2.92 bits per heavy atom. The van der Waals surface area contributed by atoms with Gasteiger partial charge in [0.25, 0.3) is 5.56 Å². The van der Waals surface area contributed by atoms with Crippen LogP contribution < -0.4 is 22.4 Å². The summed E-state index contributed by atoms with van der Waals surface area (Å²) >= 11 is 0. The highest BCUT2D eigenvalue weighted by molar-refractivity contribution is 6.10. The molecule has 3 aromatic rings. The molecule has 7 nitrogen and oxygen atoms in total. The van der Waals surface area contributed by atoms with Gasteiger partial charge in [-0.1, -0.05) is 6.07 Å². The van der Waals surface area contributed by atoms with Crippen molar-refractivity contribution < 1.29 is 5.41 Å². The minimum atomic E-state index is -0.0510. The third-order valence-corrected chi connectivity index (χ3v) is 4.23. The van der Waals surface area contributed by atoms with E-state index in [4.69, 9.17) is 16.9 Å². The van der Waals surface area contributed by atoms with Gasteiger partial charge in [0.15, 0.2) is 6.21 Å². The van der Waals surface area contributed by atoms with Crippen molar-refractivity contribution in [1.29, 1.82) is 0 Å². The number of allylic oxidation sites excluding steroid dienone is 1. The standard InChI is InChI=1S/C17H20N6O/c1-10-15-16(22-21-10)13-7-11(12(8-19)9-20)3-4-14(13)23(17(15)24)6-2-5-18/h3-4,7-9,19H,2,5-6,18,20H2,1H3,(H,21,22)/p+1/b12-9+,19-8?. The smallest absolute Gasteiger partial charge is 0.262 e. The molecule has 0 fully saturated rings. The zero-order chi connectivity index (χ0) is 17.3. The van der Waals surface area contributed by atoms with Crippen molar-refractivity contribution in [2.24, 2.45) is 11.5 Å². The fourth-order valence-corrected chi connectivity index (χ4v) is 2.99. The maximum absolute atomic E-state index is 12.9. The van der Waals surface area contributed by atoms with E-state index >= 15 is 0 Å². The summed E-state index contributed by atoms with van der Waals surface area (Å²) in [5.74, 6) is 0. The molecule has 3 rings (SSSR count). The lowest BCUT2D eigenvalue weighted by Gasteiger charge is -2.12. The molecule has 7 N–H and O–H groups in total. The van der Waals surface area contributed by atoms with Crippen LogP contribution in [0.4, 0.5) is 0 Å². The Morgan fingerprint density at radius 2 is 2.25 bits per heavy atom. The van der Waals surface area contributed by atoms with E-state index in [2.05, 4.69) is 10.2 Å². The summed E-state index contributed by atoms with van der Waals surface area (Å²) in [6.07, 6.45) is 3.64. The van der Waals surface area contributed by atoms with E-state index in [0.717, 1.165) is 34.2 Å². The van der Waals surface area contributed by atoms with Gasteiger partial charge in [-0.2, -0.15) is 5.10 Å². The normalized spacial score (nSPS) is 12.2. The number of nitrogens with two attached hydrogens (primary N) is 3. The number of fused-ring (bicyclic) bond motifs is 3. The van der Waals surface area contributed by atoms with Crippen LogP contribution in [-0.2, 0) is 6.54 Å². The predicted molar refractivity (Wildman–Crippen MR) is 96.4 cm³/mol. The fraction of sp³-hybridized carbons (Fsp3) is 0.235. The molecular formula is C17H21N6O+. The number of aromatic nitrogens is 3. The fourth-order valence-electron chi connectivity index (χ4n) is 2.99. The second-order valence-corrected chi connectivity index (χ2v) is 5.69. The van der Waals surface area contributed by atoms with Crippen molar-refractivity contribution in [3.05, 3.63) is 46.0 Å². The number of rotatable bonds is 5. The molecule has 1 aromatic carbocycles. The first-order valence-corrected chi connectivity index (χ1v) is 7.81. The van der Waals surface area contributed by atoms with Gasteiger partial charge in [0, 0.05) is 23.8 Å². The van der Waals surface area contributed by atoms with E-state index in [9.17, 15) is 4.79 Å². The molecule has 0 saturated heterocycles. The molecule has 0 spiro atoms. The summed E-state index contributed by atoms with van der Waals surface area (Å²) in [5, 5.41) is 14.3. The molecule has 0 aliphatic heterocycles. The van der Waals surface area contributed by atoms with Crippen LogP contribution in [0, 0.1) is 6.92 Å². The minimum absolute atomic E-state index is 0.0510. The van der Waals surface area contributed by atoms with Crippen LogP contribution in [0.3, 0.4) is 0 Å². The summed E-state index contributed by atoms with van der Waals surface area (Å²) in [5.41, 5.74) is 15.0. The third kappa shape index (κ3) is 2.39. The van der Waals surface area contributed by atoms with E-state index in [1.54, 1.807) is 4.57 Å². The van der Waals surface area contributed by atoms with Gasteiger partial charge in [-0.15, -0.1) is 0 Å². The monoisotopic (exact) mass is 325 g/mol. The van der Waals surface area contributed by atoms with Gasteiger partial charge in [-0.05, 0) is 37.6 Å². The second-order valence-electron chi connectivity index (χ2n) is 5.69. The number of pyridine rings is 1.